The Morgan fingerprint density at radius 1 is 0.950 bits per heavy atom. The number of methoxy groups -OCH3 is 1. The van der Waals surface area contributed by atoms with E-state index in [0.29, 0.717) is 32.7 Å². The molecule has 0 unspecified atom stereocenters. The Morgan fingerprint density at radius 2 is 1.50 bits per heavy atom. The summed E-state index contributed by atoms with van der Waals surface area (Å²) in [6.45, 7) is 6.84. The highest BCUT2D eigenvalue weighted by Crippen LogP contribution is 2.04. The molecule has 0 radical (unpaired) electrons. The van der Waals surface area contributed by atoms with E-state index >= 15 is 0 Å². The maximum atomic E-state index is 12.2. The molecule has 0 aromatic carbocycles. The van der Waals surface area contributed by atoms with Crippen molar-refractivity contribution in [3.8, 4) is 0 Å². The largest absolute Gasteiger partial charge is 0.375 e. The summed E-state index contributed by atoms with van der Waals surface area (Å²) in [7, 11) is 1.52. The number of piperazine rings is 2. The fraction of sp³-hybridized carbons (Fsp3) is 0.846. The van der Waals surface area contributed by atoms with Crippen LogP contribution >= 0.6 is 0 Å². The average Bonchev–Trinajstić information content (AvgIpc) is 2.48. The Labute approximate surface area is 119 Å². The van der Waals surface area contributed by atoms with Gasteiger partial charge in [-0.1, -0.05) is 0 Å². The third-order valence-electron chi connectivity index (χ3n) is 3.82. The molecule has 0 atom stereocenters. The van der Waals surface area contributed by atoms with Gasteiger partial charge < -0.3 is 19.9 Å². The summed E-state index contributed by atoms with van der Waals surface area (Å²) in [5.74, 6) is 0.174. The first kappa shape index (κ1) is 15.2. The molecule has 2 aliphatic rings. The molecule has 2 rings (SSSR count). The maximum Gasteiger partial charge on any atom is 0.248 e. The molecule has 2 aliphatic heterocycles. The second kappa shape index (κ2) is 7.56. The van der Waals surface area contributed by atoms with Gasteiger partial charge >= 0.3 is 0 Å². The van der Waals surface area contributed by atoms with Crippen LogP contribution in [0.15, 0.2) is 0 Å². The third kappa shape index (κ3) is 4.16. The van der Waals surface area contributed by atoms with E-state index in [1.165, 1.54) is 7.11 Å². The van der Waals surface area contributed by atoms with Gasteiger partial charge in [0.1, 0.15) is 6.61 Å². The topological polar surface area (TPSA) is 65.1 Å². The Bertz CT molecular complexity index is 337. The highest BCUT2D eigenvalue weighted by molar-refractivity contribution is 5.80. The molecule has 20 heavy (non-hydrogen) atoms. The van der Waals surface area contributed by atoms with Crippen molar-refractivity contribution in [2.75, 3.05) is 72.6 Å². The van der Waals surface area contributed by atoms with Crippen LogP contribution < -0.4 is 5.32 Å². The molecule has 2 fully saturated rings. The van der Waals surface area contributed by atoms with Crippen molar-refractivity contribution in [3.05, 3.63) is 0 Å². The Kier molecular flexibility index (Phi) is 5.75. The van der Waals surface area contributed by atoms with Crippen molar-refractivity contribution in [1.29, 1.82) is 0 Å². The zero-order chi connectivity index (χ0) is 14.4. The fourth-order valence-corrected chi connectivity index (χ4v) is 2.58. The molecule has 2 amide bonds. The van der Waals surface area contributed by atoms with Gasteiger partial charge in [0.25, 0.3) is 0 Å². The molecule has 7 nitrogen and oxygen atoms in total. The second-order valence-electron chi connectivity index (χ2n) is 5.22. The number of carbonyl (C=O) groups excluding carboxylic acids is 2. The number of rotatable bonds is 4. The van der Waals surface area contributed by atoms with Gasteiger partial charge in [-0.3, -0.25) is 14.5 Å². The van der Waals surface area contributed by atoms with Crippen LogP contribution in [0, 0.1) is 0 Å². The number of nitrogens with zero attached hydrogens (tertiary/aromatic N) is 3. The summed E-state index contributed by atoms with van der Waals surface area (Å²) in [5.41, 5.74) is 0. The number of carbonyl (C=O) groups is 2. The van der Waals surface area contributed by atoms with Crippen LogP contribution in [0.4, 0.5) is 0 Å². The highest BCUT2D eigenvalue weighted by atomic mass is 16.5. The lowest BCUT2D eigenvalue weighted by molar-refractivity contribution is -0.142. The normalized spacial score (nSPS) is 21.1. The molecule has 0 aliphatic carbocycles. The fourth-order valence-electron chi connectivity index (χ4n) is 2.58. The number of nitrogens with one attached hydrogen (secondary N) is 1. The van der Waals surface area contributed by atoms with E-state index < -0.39 is 0 Å². The van der Waals surface area contributed by atoms with Crippen LogP contribution in [-0.4, -0.2) is 99.1 Å². The smallest absolute Gasteiger partial charge is 0.248 e. The molecule has 7 heteroatoms. The summed E-state index contributed by atoms with van der Waals surface area (Å²) in [5, 5.41) is 3.28. The Balaban J connectivity index is 1.72. The zero-order valence-electron chi connectivity index (χ0n) is 12.1. The molecule has 114 valence electrons. The van der Waals surface area contributed by atoms with Crippen molar-refractivity contribution < 1.29 is 14.3 Å². The van der Waals surface area contributed by atoms with E-state index in [-0.39, 0.29) is 18.4 Å². The van der Waals surface area contributed by atoms with E-state index in [2.05, 4.69) is 10.2 Å². The first-order chi connectivity index (χ1) is 9.70. The van der Waals surface area contributed by atoms with Crippen LogP contribution in [0.1, 0.15) is 0 Å². The van der Waals surface area contributed by atoms with Crippen LogP contribution in [-0.2, 0) is 14.3 Å². The molecule has 0 spiro atoms. The van der Waals surface area contributed by atoms with Crippen molar-refractivity contribution >= 4 is 11.8 Å². The summed E-state index contributed by atoms with van der Waals surface area (Å²) in [4.78, 5) is 29.7. The lowest BCUT2D eigenvalue weighted by Gasteiger charge is -2.36. The Hall–Kier alpha value is -1.18. The molecule has 0 aromatic rings. The van der Waals surface area contributed by atoms with Gasteiger partial charge in [0, 0.05) is 59.5 Å². The quantitative estimate of drug-likeness (QED) is 0.660. The SMILES string of the molecule is COCC(=O)N1CCN(C(=O)CN2CCNCC2)CC1. The van der Waals surface area contributed by atoms with Crippen molar-refractivity contribution in [1.82, 2.24) is 20.0 Å². The van der Waals surface area contributed by atoms with Gasteiger partial charge in [-0.25, -0.2) is 0 Å². The minimum Gasteiger partial charge on any atom is -0.375 e. The monoisotopic (exact) mass is 284 g/mol. The summed E-state index contributed by atoms with van der Waals surface area (Å²) < 4.78 is 4.85. The molecular weight excluding hydrogens is 260 g/mol. The summed E-state index contributed by atoms with van der Waals surface area (Å²) >= 11 is 0. The summed E-state index contributed by atoms with van der Waals surface area (Å²) in [6, 6.07) is 0. The third-order valence-corrected chi connectivity index (χ3v) is 3.82. The minimum absolute atomic E-state index is 0.00158. The number of ether oxygens (including phenoxy) is 1. The van der Waals surface area contributed by atoms with Gasteiger partial charge in [0.2, 0.25) is 11.8 Å². The molecule has 0 saturated carbocycles. The van der Waals surface area contributed by atoms with E-state index in [1.54, 1.807) is 4.90 Å². The van der Waals surface area contributed by atoms with Crippen molar-refractivity contribution in [2.45, 2.75) is 0 Å². The van der Waals surface area contributed by atoms with Crippen molar-refractivity contribution in [2.24, 2.45) is 0 Å². The van der Waals surface area contributed by atoms with Gasteiger partial charge in [0.15, 0.2) is 0 Å². The predicted octanol–water partition coefficient (Wildman–Crippen LogP) is -1.79. The van der Waals surface area contributed by atoms with Crippen LogP contribution in [0.5, 0.6) is 0 Å². The average molecular weight is 284 g/mol. The predicted molar refractivity (Wildman–Crippen MR) is 74.3 cm³/mol. The number of amides is 2. The van der Waals surface area contributed by atoms with Gasteiger partial charge in [-0.15, -0.1) is 0 Å². The van der Waals surface area contributed by atoms with Gasteiger partial charge in [-0.05, 0) is 0 Å². The van der Waals surface area contributed by atoms with E-state index in [9.17, 15) is 9.59 Å². The van der Waals surface area contributed by atoms with Crippen LogP contribution in [0.2, 0.25) is 0 Å². The molecular formula is C13H24N4O3. The first-order valence-electron chi connectivity index (χ1n) is 7.18. The molecule has 0 bridgehead atoms. The minimum atomic E-state index is 0.00158. The van der Waals surface area contributed by atoms with Crippen LogP contribution in [0.25, 0.3) is 0 Å². The molecule has 2 heterocycles. The van der Waals surface area contributed by atoms with Crippen molar-refractivity contribution in [3.63, 3.8) is 0 Å². The zero-order valence-corrected chi connectivity index (χ0v) is 12.1. The number of hydrogen-bond donors (Lipinski definition) is 1. The van der Waals surface area contributed by atoms with E-state index in [0.717, 1.165) is 26.2 Å². The lowest BCUT2D eigenvalue weighted by atomic mass is 10.3. The van der Waals surface area contributed by atoms with Gasteiger partial charge in [-0.2, -0.15) is 0 Å². The molecule has 2 saturated heterocycles. The second-order valence-corrected chi connectivity index (χ2v) is 5.22. The standard InChI is InChI=1S/C13H24N4O3/c1-20-11-13(19)17-8-6-16(7-9-17)12(18)10-15-4-2-14-3-5-15/h14H,2-11H2,1H3. The van der Waals surface area contributed by atoms with Crippen LogP contribution in [0.3, 0.4) is 0 Å². The van der Waals surface area contributed by atoms with E-state index in [4.69, 9.17) is 4.74 Å². The Morgan fingerprint density at radius 3 is 2.05 bits per heavy atom. The summed E-state index contributed by atoms with van der Waals surface area (Å²) in [6.07, 6.45) is 0. The number of hydrogen-bond acceptors (Lipinski definition) is 5. The van der Waals surface area contributed by atoms with E-state index in [1.807, 2.05) is 4.90 Å². The highest BCUT2D eigenvalue weighted by Gasteiger charge is 2.25. The first-order valence-corrected chi connectivity index (χ1v) is 7.18. The molecule has 1 N–H and O–H groups in total. The molecule has 0 aromatic heterocycles. The maximum absolute atomic E-state index is 12.2. The van der Waals surface area contributed by atoms with Gasteiger partial charge in [0.05, 0.1) is 6.54 Å². The lowest BCUT2D eigenvalue weighted by Crippen LogP contribution is -2.54.